The predicted octanol–water partition coefficient (Wildman–Crippen LogP) is 4.04. The maximum absolute atomic E-state index is 15.9. The van der Waals surface area contributed by atoms with Gasteiger partial charge in [0.05, 0.1) is 5.69 Å². The monoisotopic (exact) mass is 501 g/mol. The summed E-state index contributed by atoms with van der Waals surface area (Å²) in [4.78, 5) is 26.6. The van der Waals surface area contributed by atoms with Crippen molar-refractivity contribution >= 4 is 11.9 Å². The first kappa shape index (κ1) is 24.9. The molecular formula is C27H37F2N5O2. The van der Waals surface area contributed by atoms with E-state index >= 15 is 4.39 Å². The van der Waals surface area contributed by atoms with Crippen molar-refractivity contribution < 1.29 is 19.7 Å². The first-order chi connectivity index (χ1) is 17.4. The molecule has 1 amide bonds. The number of fused-ring (bicyclic) bond motifs is 4. The van der Waals surface area contributed by atoms with Gasteiger partial charge in [0, 0.05) is 51.2 Å². The van der Waals surface area contributed by atoms with Crippen molar-refractivity contribution in [2.45, 2.75) is 50.2 Å². The van der Waals surface area contributed by atoms with Crippen LogP contribution in [0.5, 0.6) is 5.75 Å². The van der Waals surface area contributed by atoms with Crippen molar-refractivity contribution in [2.75, 3.05) is 50.9 Å². The summed E-state index contributed by atoms with van der Waals surface area (Å²) >= 11 is 0. The predicted molar refractivity (Wildman–Crippen MR) is 137 cm³/mol. The SMILES string of the molecule is CC1(NC(=O)C2(F)CCN(c3nccc(-c4ccc(OCCF)cc4)n3)CC2)CCN2CCC1CC2.[HH]. The van der Waals surface area contributed by atoms with E-state index in [4.69, 9.17) is 4.74 Å². The van der Waals surface area contributed by atoms with Crippen LogP contribution in [0.3, 0.4) is 0 Å². The van der Waals surface area contributed by atoms with Gasteiger partial charge in [-0.05, 0) is 75.5 Å². The molecule has 0 aliphatic carbocycles. The molecule has 5 heterocycles. The van der Waals surface area contributed by atoms with Crippen LogP contribution in [0.1, 0.15) is 40.5 Å². The second-order valence-corrected chi connectivity index (χ2v) is 10.5. The minimum atomic E-state index is -1.88. The van der Waals surface area contributed by atoms with Gasteiger partial charge in [-0.15, -0.1) is 0 Å². The third-order valence-electron chi connectivity index (χ3n) is 8.22. The highest BCUT2D eigenvalue weighted by molar-refractivity contribution is 5.86. The minimum absolute atomic E-state index is 0. The Balaban J connectivity index is 0.00000320. The van der Waals surface area contributed by atoms with Crippen molar-refractivity contribution in [2.24, 2.45) is 5.92 Å². The van der Waals surface area contributed by atoms with Crippen LogP contribution < -0.4 is 15.0 Å². The Hall–Kier alpha value is -2.81. The lowest BCUT2D eigenvalue weighted by molar-refractivity contribution is -0.137. The number of aromatic nitrogens is 2. The lowest BCUT2D eigenvalue weighted by Crippen LogP contribution is -2.59. The number of benzene rings is 1. The molecular weight excluding hydrogens is 464 g/mol. The van der Waals surface area contributed by atoms with Gasteiger partial charge < -0.3 is 19.9 Å². The number of piperidine rings is 2. The molecule has 2 bridgehead atoms. The van der Waals surface area contributed by atoms with Crippen molar-refractivity contribution in [1.82, 2.24) is 20.2 Å². The fraction of sp³-hybridized carbons (Fsp3) is 0.593. The number of anilines is 1. The van der Waals surface area contributed by atoms with Crippen molar-refractivity contribution in [3.63, 3.8) is 0 Å². The highest BCUT2D eigenvalue weighted by Gasteiger charge is 2.47. The Morgan fingerprint density at radius 3 is 2.53 bits per heavy atom. The summed E-state index contributed by atoms with van der Waals surface area (Å²) in [6.45, 7) is 5.44. The van der Waals surface area contributed by atoms with Gasteiger partial charge in [0.1, 0.15) is 19.0 Å². The van der Waals surface area contributed by atoms with E-state index < -0.39 is 18.3 Å². The highest BCUT2D eigenvalue weighted by atomic mass is 19.1. The van der Waals surface area contributed by atoms with Crippen molar-refractivity contribution in [1.29, 1.82) is 0 Å². The molecule has 2 aromatic rings. The number of amides is 1. The Morgan fingerprint density at radius 1 is 1.11 bits per heavy atom. The van der Waals surface area contributed by atoms with Gasteiger partial charge in [0.15, 0.2) is 5.67 Å². The summed E-state index contributed by atoms with van der Waals surface area (Å²) in [5.74, 6) is 1.07. The molecule has 4 aliphatic rings. The van der Waals surface area contributed by atoms with Crippen LogP contribution in [-0.2, 0) is 4.79 Å². The number of rotatable bonds is 7. The molecule has 196 valence electrons. The van der Waals surface area contributed by atoms with E-state index in [9.17, 15) is 9.18 Å². The molecule has 1 unspecified atom stereocenters. The number of carbonyl (C=O) groups excluding carboxylic acids is 1. The maximum atomic E-state index is 15.9. The van der Waals surface area contributed by atoms with Gasteiger partial charge >= 0.3 is 0 Å². The largest absolute Gasteiger partial charge is 0.491 e. The molecule has 1 atom stereocenters. The summed E-state index contributed by atoms with van der Waals surface area (Å²) in [5.41, 5.74) is -0.608. The second-order valence-electron chi connectivity index (χ2n) is 10.5. The summed E-state index contributed by atoms with van der Waals surface area (Å²) in [5, 5.41) is 3.15. The average molecular weight is 502 g/mol. The van der Waals surface area contributed by atoms with Gasteiger partial charge in [-0.3, -0.25) is 4.79 Å². The maximum Gasteiger partial charge on any atom is 0.258 e. The molecule has 4 aliphatic heterocycles. The van der Waals surface area contributed by atoms with Crippen molar-refractivity contribution in [3.05, 3.63) is 36.5 Å². The molecule has 36 heavy (non-hydrogen) atoms. The highest BCUT2D eigenvalue weighted by Crippen LogP contribution is 2.37. The van der Waals surface area contributed by atoms with Crippen LogP contribution in [0.4, 0.5) is 14.7 Å². The second kappa shape index (κ2) is 10.3. The van der Waals surface area contributed by atoms with Crippen LogP contribution in [0, 0.1) is 5.92 Å². The minimum Gasteiger partial charge on any atom is -0.491 e. The van der Waals surface area contributed by atoms with Crippen LogP contribution in [-0.4, -0.2) is 78.0 Å². The molecule has 0 saturated carbocycles. The zero-order valence-corrected chi connectivity index (χ0v) is 20.9. The lowest BCUT2D eigenvalue weighted by Gasteiger charge is -2.41. The van der Waals surface area contributed by atoms with Crippen LogP contribution in [0.15, 0.2) is 36.5 Å². The Kier molecular flexibility index (Phi) is 7.10. The van der Waals surface area contributed by atoms with Gasteiger partial charge in [0.25, 0.3) is 5.91 Å². The van der Waals surface area contributed by atoms with Gasteiger partial charge in [-0.2, -0.15) is 0 Å². The van der Waals surface area contributed by atoms with Crippen molar-refractivity contribution in [3.8, 4) is 17.0 Å². The average Bonchev–Trinajstić information content (AvgIpc) is 3.16. The number of ether oxygens (including phenoxy) is 1. The molecule has 4 saturated heterocycles. The first-order valence-corrected chi connectivity index (χ1v) is 13.0. The molecule has 9 heteroatoms. The van der Waals surface area contributed by atoms with E-state index in [-0.39, 0.29) is 26.4 Å². The fourth-order valence-corrected chi connectivity index (χ4v) is 5.75. The zero-order chi connectivity index (χ0) is 25.2. The Bertz CT molecular complexity index is 1060. The number of nitrogens with one attached hydrogen (secondary N) is 1. The van der Waals surface area contributed by atoms with E-state index in [0.29, 0.717) is 30.7 Å². The summed E-state index contributed by atoms with van der Waals surface area (Å²) in [6.07, 6.45) is 4.90. The summed E-state index contributed by atoms with van der Waals surface area (Å²) in [6, 6.07) is 9.10. The van der Waals surface area contributed by atoms with Gasteiger partial charge in [-0.25, -0.2) is 18.7 Å². The molecule has 6 rings (SSSR count). The molecule has 1 N–H and O–H groups in total. The summed E-state index contributed by atoms with van der Waals surface area (Å²) < 4.78 is 33.5. The smallest absolute Gasteiger partial charge is 0.258 e. The van der Waals surface area contributed by atoms with E-state index in [0.717, 1.165) is 50.2 Å². The first-order valence-electron chi connectivity index (χ1n) is 13.0. The number of hydrogen-bond donors (Lipinski definition) is 1. The molecule has 4 fully saturated rings. The Morgan fingerprint density at radius 2 is 1.83 bits per heavy atom. The van der Waals surface area contributed by atoms with E-state index in [1.807, 2.05) is 23.1 Å². The fourth-order valence-electron chi connectivity index (χ4n) is 5.75. The topological polar surface area (TPSA) is 70.6 Å². The van der Waals surface area contributed by atoms with E-state index in [1.165, 1.54) is 0 Å². The third kappa shape index (κ3) is 5.16. The quantitative estimate of drug-likeness (QED) is 0.618. The zero-order valence-electron chi connectivity index (χ0n) is 20.9. The molecule has 0 radical (unpaired) electrons. The number of hydrogen-bond acceptors (Lipinski definition) is 6. The standard InChI is InChI=1S/C27H35F2N5O2.H2/c1-26(9-16-33-14-7-21(26)8-15-33)32-24(35)27(29)10-17-34(18-11-27)25-30-13-6-23(31-25)20-2-4-22(5-3-20)36-19-12-28;/h2-6,13,21H,7-12,14-19H2,1H3,(H,32,35);1H. The number of alkyl halides is 2. The molecule has 0 spiro atoms. The molecule has 7 nitrogen and oxygen atoms in total. The van der Waals surface area contributed by atoms with Gasteiger partial charge in [0.2, 0.25) is 5.95 Å². The normalized spacial score (nSPS) is 27.4. The number of nitrogens with zero attached hydrogens (tertiary/aromatic N) is 4. The van der Waals surface area contributed by atoms with E-state index in [2.05, 4.69) is 27.1 Å². The van der Waals surface area contributed by atoms with Crippen LogP contribution in [0.25, 0.3) is 11.3 Å². The molecule has 1 aromatic carbocycles. The molecule has 1 aromatic heterocycles. The lowest BCUT2D eigenvalue weighted by atomic mass is 9.78. The number of carbonyl (C=O) groups is 1. The Labute approximate surface area is 212 Å². The summed E-state index contributed by atoms with van der Waals surface area (Å²) in [7, 11) is 0. The van der Waals surface area contributed by atoms with Crippen LogP contribution in [0.2, 0.25) is 0 Å². The third-order valence-corrected chi connectivity index (χ3v) is 8.22. The van der Waals surface area contributed by atoms with E-state index in [1.54, 1.807) is 18.3 Å². The number of halogens is 2. The van der Waals surface area contributed by atoms with Gasteiger partial charge in [-0.1, -0.05) is 0 Å². The van der Waals surface area contributed by atoms with Crippen LogP contribution >= 0.6 is 0 Å².